The predicted molar refractivity (Wildman–Crippen MR) is 96.4 cm³/mol. The molecule has 2 aliphatic heterocycles. The van der Waals surface area contributed by atoms with Gasteiger partial charge in [0.1, 0.15) is 11.8 Å². The van der Waals surface area contributed by atoms with Gasteiger partial charge in [-0.15, -0.1) is 0 Å². The largest absolute Gasteiger partial charge is 0.497 e. The topological polar surface area (TPSA) is 92.3 Å². The number of nitriles is 1. The zero-order valence-electron chi connectivity index (χ0n) is 14.3. The fourth-order valence-electron chi connectivity index (χ4n) is 3.85. The van der Waals surface area contributed by atoms with E-state index >= 15 is 0 Å². The molecular formula is C20H20N4O2. The number of rotatable bonds is 3. The summed E-state index contributed by atoms with van der Waals surface area (Å²) in [6.45, 7) is 0. The van der Waals surface area contributed by atoms with Gasteiger partial charge in [-0.3, -0.25) is 0 Å². The average molecular weight is 348 g/mol. The quantitative estimate of drug-likeness (QED) is 0.788. The molecule has 2 aliphatic rings. The summed E-state index contributed by atoms with van der Waals surface area (Å²) in [6, 6.07) is 20.2. The summed E-state index contributed by atoms with van der Waals surface area (Å²) in [5.74, 6) is 0.748. The van der Waals surface area contributed by atoms with Crippen LogP contribution in [0, 0.1) is 17.2 Å². The first-order chi connectivity index (χ1) is 12.7. The Labute approximate surface area is 152 Å². The average Bonchev–Trinajstić information content (AvgIpc) is 3.11. The number of benzene rings is 2. The first-order valence-electron chi connectivity index (χ1n) is 8.49. The van der Waals surface area contributed by atoms with Crippen molar-refractivity contribution in [2.75, 3.05) is 7.11 Å². The van der Waals surface area contributed by atoms with Crippen LogP contribution in [-0.4, -0.2) is 13.3 Å². The molecular weight excluding hydrogens is 328 g/mol. The van der Waals surface area contributed by atoms with Gasteiger partial charge in [-0.25, -0.2) is 10.9 Å². The van der Waals surface area contributed by atoms with Crippen molar-refractivity contribution in [3.8, 4) is 11.8 Å². The van der Waals surface area contributed by atoms with Crippen LogP contribution in [0.25, 0.3) is 0 Å². The van der Waals surface area contributed by atoms with Gasteiger partial charge in [0.05, 0.1) is 18.7 Å². The second-order valence-corrected chi connectivity index (χ2v) is 6.43. The lowest BCUT2D eigenvalue weighted by Crippen LogP contribution is -2.40. The molecule has 6 nitrogen and oxygen atoms in total. The second-order valence-electron chi connectivity index (χ2n) is 6.43. The van der Waals surface area contributed by atoms with Crippen molar-refractivity contribution >= 4 is 0 Å². The third kappa shape index (κ3) is 2.68. The monoisotopic (exact) mass is 348 g/mol. The van der Waals surface area contributed by atoms with Crippen molar-refractivity contribution in [1.82, 2.24) is 10.9 Å². The number of hydrazine groups is 1. The van der Waals surface area contributed by atoms with Gasteiger partial charge < -0.3 is 15.2 Å². The molecule has 26 heavy (non-hydrogen) atoms. The van der Waals surface area contributed by atoms with E-state index in [1.807, 2.05) is 42.5 Å². The Morgan fingerprint density at radius 3 is 2.42 bits per heavy atom. The van der Waals surface area contributed by atoms with Crippen LogP contribution in [0.1, 0.15) is 23.1 Å². The number of fused-ring (bicyclic) bond motifs is 1. The molecule has 4 unspecified atom stereocenters. The first kappa shape index (κ1) is 16.5. The zero-order valence-corrected chi connectivity index (χ0v) is 14.3. The number of nitrogens with two attached hydrogens (primary N) is 1. The number of hydrogen-bond acceptors (Lipinski definition) is 6. The maximum Gasteiger partial charge on any atom is 0.200 e. The number of ether oxygens (including phenoxy) is 2. The minimum Gasteiger partial charge on any atom is -0.497 e. The number of methoxy groups -OCH3 is 1. The Bertz CT molecular complexity index is 858. The summed E-state index contributed by atoms with van der Waals surface area (Å²) >= 11 is 0. The molecule has 0 spiro atoms. The molecule has 0 aromatic heterocycles. The van der Waals surface area contributed by atoms with Crippen LogP contribution in [-0.2, 0) is 4.74 Å². The van der Waals surface area contributed by atoms with E-state index in [4.69, 9.17) is 15.2 Å². The molecule has 4 atom stereocenters. The highest BCUT2D eigenvalue weighted by atomic mass is 16.5. The van der Waals surface area contributed by atoms with E-state index in [0.29, 0.717) is 5.57 Å². The minimum atomic E-state index is -0.315. The number of allylic oxidation sites excluding steroid dienone is 1. The molecule has 0 radical (unpaired) electrons. The third-order valence-electron chi connectivity index (χ3n) is 5.08. The molecule has 0 bridgehead atoms. The molecule has 132 valence electrons. The SMILES string of the molecule is COc1ccc(C2C(C#N)=C(N)OC3NNC(c4ccccc4)C32)cc1. The van der Waals surface area contributed by atoms with Crippen molar-refractivity contribution in [1.29, 1.82) is 5.26 Å². The second kappa shape index (κ2) is 6.71. The Morgan fingerprint density at radius 1 is 1.04 bits per heavy atom. The van der Waals surface area contributed by atoms with Crippen molar-refractivity contribution in [2.24, 2.45) is 11.7 Å². The normalized spacial score (nSPS) is 27.4. The molecule has 1 fully saturated rings. The summed E-state index contributed by atoms with van der Waals surface area (Å²) in [5.41, 5.74) is 15.2. The van der Waals surface area contributed by atoms with Gasteiger partial charge in [0.25, 0.3) is 0 Å². The zero-order chi connectivity index (χ0) is 18.1. The van der Waals surface area contributed by atoms with Gasteiger partial charge in [0, 0.05) is 11.8 Å². The van der Waals surface area contributed by atoms with Crippen molar-refractivity contribution < 1.29 is 9.47 Å². The van der Waals surface area contributed by atoms with Crippen LogP contribution >= 0.6 is 0 Å². The minimum absolute atomic E-state index is 0.00949. The van der Waals surface area contributed by atoms with E-state index in [1.165, 1.54) is 0 Å². The molecule has 0 saturated carbocycles. The Balaban J connectivity index is 1.80. The van der Waals surface area contributed by atoms with Gasteiger partial charge in [0.2, 0.25) is 5.88 Å². The summed E-state index contributed by atoms with van der Waals surface area (Å²) in [6.07, 6.45) is -0.315. The smallest absolute Gasteiger partial charge is 0.200 e. The maximum absolute atomic E-state index is 9.74. The highest BCUT2D eigenvalue weighted by Gasteiger charge is 2.49. The molecule has 2 aromatic rings. The van der Waals surface area contributed by atoms with Gasteiger partial charge >= 0.3 is 0 Å². The van der Waals surface area contributed by atoms with Crippen LogP contribution in [0.2, 0.25) is 0 Å². The standard InChI is InChI=1S/C20H20N4O2/c1-25-14-9-7-12(8-10-14)16-15(11-21)19(22)26-20-17(16)18(23-24-20)13-5-3-2-4-6-13/h2-10,16-18,20,23-24H,22H2,1H3. The molecule has 0 aliphatic carbocycles. The molecule has 6 heteroatoms. The highest BCUT2D eigenvalue weighted by molar-refractivity contribution is 5.44. The molecule has 2 aromatic carbocycles. The number of hydrogen-bond donors (Lipinski definition) is 3. The summed E-state index contributed by atoms with van der Waals surface area (Å²) in [7, 11) is 1.63. The van der Waals surface area contributed by atoms with Crippen molar-refractivity contribution in [2.45, 2.75) is 18.2 Å². The van der Waals surface area contributed by atoms with Crippen molar-refractivity contribution in [3.05, 3.63) is 77.2 Å². The third-order valence-corrected chi connectivity index (χ3v) is 5.08. The van der Waals surface area contributed by atoms with Gasteiger partial charge in [-0.2, -0.15) is 5.26 Å². The van der Waals surface area contributed by atoms with E-state index in [1.54, 1.807) is 7.11 Å². The van der Waals surface area contributed by atoms with Gasteiger partial charge in [-0.05, 0) is 23.3 Å². The van der Waals surface area contributed by atoms with Crippen LogP contribution in [0.15, 0.2) is 66.1 Å². The maximum atomic E-state index is 9.74. The van der Waals surface area contributed by atoms with Gasteiger partial charge in [-0.1, -0.05) is 42.5 Å². The lowest BCUT2D eigenvalue weighted by Gasteiger charge is -2.36. The number of nitrogens with zero attached hydrogens (tertiary/aromatic N) is 1. The Kier molecular flexibility index (Phi) is 4.25. The van der Waals surface area contributed by atoms with Crippen LogP contribution in [0.3, 0.4) is 0 Å². The molecule has 2 heterocycles. The van der Waals surface area contributed by atoms with E-state index < -0.39 is 0 Å². The van der Waals surface area contributed by atoms with Crippen LogP contribution in [0.5, 0.6) is 5.75 Å². The molecule has 4 N–H and O–H groups in total. The first-order valence-corrected chi connectivity index (χ1v) is 8.49. The Hall–Kier alpha value is -3.01. The number of nitrogens with one attached hydrogen (secondary N) is 2. The lowest BCUT2D eigenvalue weighted by atomic mass is 9.74. The molecule has 0 amide bonds. The van der Waals surface area contributed by atoms with Crippen LogP contribution in [0.4, 0.5) is 0 Å². The van der Waals surface area contributed by atoms with E-state index in [-0.39, 0.29) is 30.0 Å². The summed E-state index contributed by atoms with van der Waals surface area (Å²) in [4.78, 5) is 0. The van der Waals surface area contributed by atoms with Gasteiger partial charge in [0.15, 0.2) is 6.23 Å². The summed E-state index contributed by atoms with van der Waals surface area (Å²) < 4.78 is 11.1. The van der Waals surface area contributed by atoms with Crippen LogP contribution < -0.4 is 21.3 Å². The fourth-order valence-corrected chi connectivity index (χ4v) is 3.85. The van der Waals surface area contributed by atoms with E-state index in [9.17, 15) is 5.26 Å². The predicted octanol–water partition coefficient (Wildman–Crippen LogP) is 2.29. The molecule has 1 saturated heterocycles. The van der Waals surface area contributed by atoms with E-state index in [2.05, 4.69) is 29.1 Å². The van der Waals surface area contributed by atoms with E-state index in [0.717, 1.165) is 16.9 Å². The molecule has 4 rings (SSSR count). The van der Waals surface area contributed by atoms with Crippen molar-refractivity contribution in [3.63, 3.8) is 0 Å². The summed E-state index contributed by atoms with van der Waals surface area (Å²) in [5, 5.41) is 9.74. The Morgan fingerprint density at radius 2 is 1.77 bits per heavy atom. The lowest BCUT2D eigenvalue weighted by molar-refractivity contribution is 0.0340. The highest BCUT2D eigenvalue weighted by Crippen LogP contribution is 2.47. The fraction of sp³-hybridized carbons (Fsp3) is 0.250.